The van der Waals surface area contributed by atoms with Crippen LogP contribution in [0, 0.1) is 17.7 Å². The Bertz CT molecular complexity index is 1100. The second-order valence-electron chi connectivity index (χ2n) is 11.5. The molecule has 0 radical (unpaired) electrons. The van der Waals surface area contributed by atoms with Crippen molar-refractivity contribution in [3.63, 3.8) is 0 Å². The minimum atomic E-state index is -1.20. The average molecular weight is 498 g/mol. The van der Waals surface area contributed by atoms with Crippen LogP contribution >= 0.6 is 0 Å². The van der Waals surface area contributed by atoms with Gasteiger partial charge >= 0.3 is 0 Å². The molecular weight excluding hydrogens is 461 g/mol. The highest BCUT2D eigenvalue weighted by molar-refractivity contribution is 6.00. The number of carbonyl (C=O) groups excluding carboxylic acids is 3. The minimum absolute atomic E-state index is 0.0996. The number of halogens is 1. The van der Waals surface area contributed by atoms with E-state index in [2.05, 4.69) is 10.6 Å². The van der Waals surface area contributed by atoms with Crippen molar-refractivity contribution < 1.29 is 23.5 Å². The first kappa shape index (κ1) is 24.9. The first-order valence-corrected chi connectivity index (χ1v) is 13.1. The van der Waals surface area contributed by atoms with E-state index in [1.54, 1.807) is 17.0 Å². The Morgan fingerprint density at radius 3 is 2.44 bits per heavy atom. The Morgan fingerprint density at radius 2 is 1.81 bits per heavy atom. The molecule has 36 heavy (non-hydrogen) atoms. The van der Waals surface area contributed by atoms with E-state index in [9.17, 15) is 18.8 Å². The Balaban J connectivity index is 1.47. The van der Waals surface area contributed by atoms with E-state index >= 15 is 0 Å². The monoisotopic (exact) mass is 497 g/mol. The van der Waals surface area contributed by atoms with Gasteiger partial charge in [0.1, 0.15) is 17.5 Å². The van der Waals surface area contributed by atoms with Crippen LogP contribution in [-0.4, -0.2) is 51.4 Å². The summed E-state index contributed by atoms with van der Waals surface area (Å²) in [5.41, 5.74) is -2.04. The summed E-state index contributed by atoms with van der Waals surface area (Å²) in [4.78, 5) is 43.2. The fraction of sp³-hybridized carbons (Fsp3) is 0.607. The highest BCUT2D eigenvalue weighted by Crippen LogP contribution is 2.60. The number of hydrogen-bond acceptors (Lipinski definition) is 4. The maximum Gasteiger partial charge on any atom is 0.246 e. The van der Waals surface area contributed by atoms with Crippen LogP contribution < -0.4 is 10.6 Å². The third-order valence-electron chi connectivity index (χ3n) is 8.83. The van der Waals surface area contributed by atoms with Crippen LogP contribution in [0.4, 0.5) is 4.39 Å². The summed E-state index contributed by atoms with van der Waals surface area (Å²) in [6, 6.07) is 5.18. The van der Waals surface area contributed by atoms with E-state index in [0.717, 1.165) is 31.2 Å². The lowest BCUT2D eigenvalue weighted by atomic mass is 9.70. The SMILES string of the molecule is CCC(C)(C)N1C(=O)[C@H]2[C@@H](C(=O)NCc3ccc(F)cc3)[C@@]3(C)C=C[C@@]2(O3)[C@H]1C(=O)NC1CCCC1. The van der Waals surface area contributed by atoms with Crippen LogP contribution in [0.2, 0.25) is 0 Å². The summed E-state index contributed by atoms with van der Waals surface area (Å²) >= 11 is 0. The Hall–Kier alpha value is -2.74. The second-order valence-corrected chi connectivity index (χ2v) is 11.5. The van der Waals surface area contributed by atoms with Gasteiger partial charge < -0.3 is 20.3 Å². The van der Waals surface area contributed by atoms with Crippen LogP contribution in [0.1, 0.15) is 65.4 Å². The third-order valence-corrected chi connectivity index (χ3v) is 8.83. The molecule has 1 aromatic rings. The fourth-order valence-electron chi connectivity index (χ4n) is 6.61. The number of nitrogens with one attached hydrogen (secondary N) is 2. The van der Waals surface area contributed by atoms with Gasteiger partial charge in [0.15, 0.2) is 0 Å². The molecule has 1 aliphatic carbocycles. The molecule has 8 heteroatoms. The first-order valence-electron chi connectivity index (χ1n) is 13.1. The number of nitrogens with zero attached hydrogens (tertiary/aromatic N) is 1. The van der Waals surface area contributed by atoms with E-state index in [1.807, 2.05) is 39.8 Å². The van der Waals surface area contributed by atoms with Gasteiger partial charge in [-0.3, -0.25) is 14.4 Å². The van der Waals surface area contributed by atoms with Gasteiger partial charge in [0, 0.05) is 18.1 Å². The van der Waals surface area contributed by atoms with Gasteiger partial charge in [0.25, 0.3) is 0 Å². The number of ether oxygens (including phenoxy) is 1. The molecule has 3 aliphatic heterocycles. The summed E-state index contributed by atoms with van der Waals surface area (Å²) in [6.07, 6.45) is 8.37. The van der Waals surface area contributed by atoms with Crippen molar-refractivity contribution in [1.29, 1.82) is 0 Å². The summed E-state index contributed by atoms with van der Waals surface area (Å²) in [7, 11) is 0. The highest BCUT2D eigenvalue weighted by atomic mass is 19.1. The predicted octanol–water partition coefficient (Wildman–Crippen LogP) is 3.23. The van der Waals surface area contributed by atoms with Crippen LogP contribution in [0.15, 0.2) is 36.4 Å². The van der Waals surface area contributed by atoms with E-state index in [0.29, 0.717) is 6.42 Å². The Morgan fingerprint density at radius 1 is 1.14 bits per heavy atom. The van der Waals surface area contributed by atoms with Gasteiger partial charge in [-0.25, -0.2) is 4.39 Å². The highest BCUT2D eigenvalue weighted by Gasteiger charge is 2.77. The predicted molar refractivity (Wildman–Crippen MR) is 132 cm³/mol. The molecule has 4 aliphatic rings. The van der Waals surface area contributed by atoms with Crippen molar-refractivity contribution in [2.75, 3.05) is 0 Å². The molecule has 1 aromatic carbocycles. The van der Waals surface area contributed by atoms with Gasteiger partial charge in [0.05, 0.1) is 17.4 Å². The van der Waals surface area contributed by atoms with Crippen molar-refractivity contribution in [2.45, 2.75) is 95.2 Å². The lowest BCUT2D eigenvalue weighted by Gasteiger charge is -2.42. The number of carbonyl (C=O) groups is 3. The number of benzene rings is 1. The molecule has 3 heterocycles. The molecule has 2 saturated heterocycles. The molecule has 5 rings (SSSR count). The number of rotatable bonds is 7. The number of hydrogen-bond donors (Lipinski definition) is 2. The zero-order valence-electron chi connectivity index (χ0n) is 21.5. The van der Waals surface area contributed by atoms with E-state index < -0.39 is 34.6 Å². The standard InChI is InChI=1S/C28H36FN3O4/c1-5-26(2,3)32-22(24(34)31-19-8-6-7-9-19)28-15-14-27(4,36-28)20(21(28)25(32)35)23(33)30-16-17-10-12-18(29)13-11-17/h10-15,19-22H,5-9,16H2,1-4H3,(H,30,33)(H,31,34)/t20-,21+,22+,27+,28-/m0/s1. The maximum absolute atomic E-state index is 14.1. The van der Waals surface area contributed by atoms with Gasteiger partial charge in [-0.1, -0.05) is 44.1 Å². The summed E-state index contributed by atoms with van der Waals surface area (Å²) in [5.74, 6) is -2.66. The number of amides is 3. The van der Waals surface area contributed by atoms with Crippen LogP contribution in [0.25, 0.3) is 0 Å². The average Bonchev–Trinajstić information content (AvgIpc) is 3.58. The normalized spacial score (nSPS) is 33.3. The first-order chi connectivity index (χ1) is 17.0. The maximum atomic E-state index is 14.1. The lowest BCUT2D eigenvalue weighted by molar-refractivity contribution is -0.151. The van der Waals surface area contributed by atoms with Crippen molar-refractivity contribution in [3.05, 3.63) is 47.8 Å². The van der Waals surface area contributed by atoms with Gasteiger partial charge in [-0.15, -0.1) is 0 Å². The molecule has 5 atom stereocenters. The van der Waals surface area contributed by atoms with Crippen molar-refractivity contribution in [3.8, 4) is 0 Å². The van der Waals surface area contributed by atoms with Crippen molar-refractivity contribution >= 4 is 17.7 Å². The minimum Gasteiger partial charge on any atom is -0.356 e. The second kappa shape index (κ2) is 8.68. The van der Waals surface area contributed by atoms with Crippen LogP contribution in [0.5, 0.6) is 0 Å². The van der Waals surface area contributed by atoms with Crippen molar-refractivity contribution in [2.24, 2.45) is 11.8 Å². The fourth-order valence-corrected chi connectivity index (χ4v) is 6.61. The zero-order chi connectivity index (χ0) is 25.9. The molecule has 7 nitrogen and oxygen atoms in total. The molecule has 0 unspecified atom stereocenters. The summed E-state index contributed by atoms with van der Waals surface area (Å²) in [6.45, 7) is 7.93. The molecule has 1 spiro atoms. The third kappa shape index (κ3) is 3.76. The smallest absolute Gasteiger partial charge is 0.246 e. The molecular formula is C28H36FN3O4. The van der Waals surface area contributed by atoms with E-state index in [-0.39, 0.29) is 36.1 Å². The largest absolute Gasteiger partial charge is 0.356 e. The Kier molecular flexibility index (Phi) is 6.01. The zero-order valence-corrected chi connectivity index (χ0v) is 21.5. The molecule has 2 N–H and O–H groups in total. The van der Waals surface area contributed by atoms with Gasteiger partial charge in [-0.05, 0) is 57.7 Å². The van der Waals surface area contributed by atoms with Crippen molar-refractivity contribution in [1.82, 2.24) is 15.5 Å². The lowest BCUT2D eigenvalue weighted by Crippen LogP contribution is -2.60. The number of likely N-dealkylation sites (tertiary alicyclic amines) is 1. The summed E-state index contributed by atoms with van der Waals surface area (Å²) in [5, 5.41) is 6.11. The Labute approximate surface area is 211 Å². The van der Waals surface area contributed by atoms with Gasteiger partial charge in [-0.2, -0.15) is 0 Å². The molecule has 2 bridgehead atoms. The molecule has 0 aromatic heterocycles. The summed E-state index contributed by atoms with van der Waals surface area (Å²) < 4.78 is 19.8. The van der Waals surface area contributed by atoms with Gasteiger partial charge in [0.2, 0.25) is 17.7 Å². The number of fused-ring (bicyclic) bond motifs is 1. The van der Waals surface area contributed by atoms with E-state index in [4.69, 9.17) is 4.74 Å². The molecule has 1 saturated carbocycles. The topological polar surface area (TPSA) is 87.7 Å². The van der Waals surface area contributed by atoms with Crippen LogP contribution in [-0.2, 0) is 25.7 Å². The molecule has 3 amide bonds. The molecule has 3 fully saturated rings. The quantitative estimate of drug-likeness (QED) is 0.567. The van der Waals surface area contributed by atoms with E-state index in [1.165, 1.54) is 12.1 Å². The molecule has 194 valence electrons. The van der Waals surface area contributed by atoms with Crippen LogP contribution in [0.3, 0.4) is 0 Å².